The Labute approximate surface area is 160 Å². The van der Waals surface area contributed by atoms with Crippen LogP contribution in [0, 0.1) is 23.2 Å². The molecule has 0 saturated heterocycles. The largest absolute Gasteiger partial charge is 0.495 e. The van der Waals surface area contributed by atoms with E-state index < -0.39 is 0 Å². The van der Waals surface area contributed by atoms with Crippen molar-refractivity contribution in [2.75, 3.05) is 12.4 Å². The van der Waals surface area contributed by atoms with E-state index in [0.29, 0.717) is 21.6 Å². The standard InChI is InChI=1S/C20H27ClN2OS/c1-12(20-9-13-5-14(10-20)7-15(6-13)11-20)22-19(25)23-17-8-16(21)3-4-18(17)24-2/h3-4,8,12-15H,5-7,9-11H2,1-2H3,(H2,22,23,25). The Kier molecular flexibility index (Phi) is 4.61. The van der Waals surface area contributed by atoms with Gasteiger partial charge in [0, 0.05) is 11.1 Å². The second-order valence-electron chi connectivity index (χ2n) is 8.44. The molecular formula is C20H27ClN2OS. The maximum absolute atomic E-state index is 6.11. The second kappa shape index (κ2) is 6.62. The Morgan fingerprint density at radius 3 is 2.36 bits per heavy atom. The molecule has 4 aliphatic carbocycles. The van der Waals surface area contributed by atoms with Gasteiger partial charge in [0.2, 0.25) is 0 Å². The summed E-state index contributed by atoms with van der Waals surface area (Å²) >= 11 is 11.7. The Balaban J connectivity index is 1.44. The molecule has 1 unspecified atom stereocenters. The molecule has 0 radical (unpaired) electrons. The van der Waals surface area contributed by atoms with Gasteiger partial charge >= 0.3 is 0 Å². The van der Waals surface area contributed by atoms with Crippen LogP contribution in [0.5, 0.6) is 5.75 Å². The van der Waals surface area contributed by atoms with Gasteiger partial charge in [0.1, 0.15) is 5.75 Å². The van der Waals surface area contributed by atoms with Crippen LogP contribution < -0.4 is 15.4 Å². The number of halogens is 1. The molecular weight excluding hydrogens is 352 g/mol. The fraction of sp³-hybridized carbons (Fsp3) is 0.650. The van der Waals surface area contributed by atoms with Crippen molar-refractivity contribution >= 4 is 34.6 Å². The SMILES string of the molecule is COc1ccc(Cl)cc1NC(=S)NC(C)C12CC3CC(CC(C3)C1)C2. The zero-order valence-electron chi connectivity index (χ0n) is 15.0. The Morgan fingerprint density at radius 2 is 1.80 bits per heavy atom. The maximum atomic E-state index is 6.11. The number of ether oxygens (including phenoxy) is 1. The molecule has 2 N–H and O–H groups in total. The van der Waals surface area contributed by atoms with Gasteiger partial charge in [-0.1, -0.05) is 11.6 Å². The summed E-state index contributed by atoms with van der Waals surface area (Å²) < 4.78 is 5.40. The first-order valence-corrected chi connectivity index (χ1v) is 10.2. The van der Waals surface area contributed by atoms with Crippen LogP contribution in [0.2, 0.25) is 5.02 Å². The molecule has 4 bridgehead atoms. The Hall–Kier alpha value is -1.00. The molecule has 1 atom stereocenters. The van der Waals surface area contributed by atoms with Crippen molar-refractivity contribution in [2.24, 2.45) is 23.2 Å². The van der Waals surface area contributed by atoms with E-state index in [4.69, 9.17) is 28.6 Å². The smallest absolute Gasteiger partial charge is 0.171 e. The molecule has 3 nitrogen and oxygen atoms in total. The van der Waals surface area contributed by atoms with Gasteiger partial charge in [-0.2, -0.15) is 0 Å². The highest BCUT2D eigenvalue weighted by atomic mass is 35.5. The van der Waals surface area contributed by atoms with E-state index in [2.05, 4.69) is 17.6 Å². The summed E-state index contributed by atoms with van der Waals surface area (Å²) in [6, 6.07) is 5.92. The van der Waals surface area contributed by atoms with E-state index in [0.717, 1.165) is 29.2 Å². The number of methoxy groups -OCH3 is 1. The molecule has 25 heavy (non-hydrogen) atoms. The third-order valence-corrected chi connectivity index (χ3v) is 7.22. The van der Waals surface area contributed by atoms with E-state index in [1.165, 1.54) is 38.5 Å². The molecule has 4 saturated carbocycles. The topological polar surface area (TPSA) is 33.3 Å². The lowest BCUT2D eigenvalue weighted by Gasteiger charge is -2.59. The van der Waals surface area contributed by atoms with E-state index >= 15 is 0 Å². The molecule has 5 heteroatoms. The van der Waals surface area contributed by atoms with Crippen LogP contribution in [0.15, 0.2) is 18.2 Å². The van der Waals surface area contributed by atoms with Crippen molar-refractivity contribution in [3.8, 4) is 5.75 Å². The van der Waals surface area contributed by atoms with Gasteiger partial charge in [-0.15, -0.1) is 0 Å². The van der Waals surface area contributed by atoms with Gasteiger partial charge in [-0.05, 0) is 99.0 Å². The summed E-state index contributed by atoms with van der Waals surface area (Å²) in [6.07, 6.45) is 8.51. The minimum Gasteiger partial charge on any atom is -0.495 e. The van der Waals surface area contributed by atoms with Crippen LogP contribution >= 0.6 is 23.8 Å². The van der Waals surface area contributed by atoms with Gasteiger partial charge in [-0.3, -0.25) is 0 Å². The molecule has 4 aliphatic rings. The first-order valence-electron chi connectivity index (χ1n) is 9.38. The predicted molar refractivity (Wildman–Crippen MR) is 107 cm³/mol. The first-order chi connectivity index (χ1) is 12.0. The lowest BCUT2D eigenvalue weighted by atomic mass is 9.48. The molecule has 0 aromatic heterocycles. The normalized spacial score (nSPS) is 33.8. The zero-order valence-corrected chi connectivity index (χ0v) is 16.6. The molecule has 136 valence electrons. The van der Waals surface area contributed by atoms with Gasteiger partial charge in [0.05, 0.1) is 12.8 Å². The zero-order chi connectivity index (χ0) is 17.6. The van der Waals surface area contributed by atoms with Gasteiger partial charge < -0.3 is 15.4 Å². The quantitative estimate of drug-likeness (QED) is 0.702. The summed E-state index contributed by atoms with van der Waals surface area (Å²) in [5.74, 6) is 3.59. The molecule has 0 heterocycles. The van der Waals surface area contributed by atoms with E-state index in [1.807, 2.05) is 18.2 Å². The number of benzene rings is 1. The van der Waals surface area contributed by atoms with Crippen LogP contribution in [0.25, 0.3) is 0 Å². The summed E-state index contributed by atoms with van der Waals surface area (Å²) in [5.41, 5.74) is 1.24. The maximum Gasteiger partial charge on any atom is 0.171 e. The molecule has 4 fully saturated rings. The van der Waals surface area contributed by atoms with Gasteiger partial charge in [-0.25, -0.2) is 0 Å². The first kappa shape index (κ1) is 17.4. The summed E-state index contributed by atoms with van der Waals surface area (Å²) in [6.45, 7) is 2.32. The van der Waals surface area contributed by atoms with Crippen LogP contribution in [0.4, 0.5) is 5.69 Å². The second-order valence-corrected chi connectivity index (χ2v) is 9.29. The number of rotatable bonds is 4. The average molecular weight is 379 g/mol. The van der Waals surface area contributed by atoms with Crippen molar-refractivity contribution in [3.05, 3.63) is 23.2 Å². The Bertz CT molecular complexity index is 642. The third-order valence-electron chi connectivity index (χ3n) is 6.76. The van der Waals surface area contributed by atoms with Crippen molar-refractivity contribution < 1.29 is 4.74 Å². The van der Waals surface area contributed by atoms with E-state index in [1.54, 1.807) is 7.11 Å². The number of nitrogens with one attached hydrogen (secondary N) is 2. The number of thiocarbonyl (C=S) groups is 1. The number of anilines is 1. The molecule has 0 amide bonds. The Morgan fingerprint density at radius 1 is 1.20 bits per heavy atom. The van der Waals surface area contributed by atoms with Crippen molar-refractivity contribution in [1.82, 2.24) is 5.32 Å². The molecule has 0 aliphatic heterocycles. The minimum atomic E-state index is 0.395. The number of hydrogen-bond acceptors (Lipinski definition) is 2. The van der Waals surface area contributed by atoms with Crippen LogP contribution in [0.1, 0.15) is 45.4 Å². The minimum absolute atomic E-state index is 0.395. The highest BCUT2D eigenvalue weighted by Gasteiger charge is 2.53. The monoisotopic (exact) mass is 378 g/mol. The summed E-state index contributed by atoms with van der Waals surface area (Å²) in [4.78, 5) is 0. The van der Waals surface area contributed by atoms with E-state index in [9.17, 15) is 0 Å². The lowest BCUT2D eigenvalue weighted by molar-refractivity contribution is -0.0671. The highest BCUT2D eigenvalue weighted by Crippen LogP contribution is 2.61. The molecule has 0 spiro atoms. The fourth-order valence-electron chi connectivity index (χ4n) is 5.99. The number of hydrogen-bond donors (Lipinski definition) is 2. The third kappa shape index (κ3) is 3.35. The van der Waals surface area contributed by atoms with Gasteiger partial charge in [0.25, 0.3) is 0 Å². The predicted octanol–water partition coefficient (Wildman–Crippen LogP) is 5.24. The molecule has 5 rings (SSSR count). The average Bonchev–Trinajstić information content (AvgIpc) is 2.53. The van der Waals surface area contributed by atoms with Crippen LogP contribution in [0.3, 0.4) is 0 Å². The van der Waals surface area contributed by atoms with Crippen molar-refractivity contribution in [1.29, 1.82) is 0 Å². The molecule has 1 aromatic rings. The van der Waals surface area contributed by atoms with Crippen LogP contribution in [-0.4, -0.2) is 18.3 Å². The highest BCUT2D eigenvalue weighted by molar-refractivity contribution is 7.80. The fourth-order valence-corrected chi connectivity index (χ4v) is 6.45. The lowest BCUT2D eigenvalue weighted by Crippen LogP contribution is -2.56. The van der Waals surface area contributed by atoms with Crippen LogP contribution in [-0.2, 0) is 0 Å². The van der Waals surface area contributed by atoms with Gasteiger partial charge in [0.15, 0.2) is 5.11 Å². The van der Waals surface area contributed by atoms with E-state index in [-0.39, 0.29) is 0 Å². The van der Waals surface area contributed by atoms with Crippen molar-refractivity contribution in [3.63, 3.8) is 0 Å². The molecule has 1 aromatic carbocycles. The van der Waals surface area contributed by atoms with Crippen molar-refractivity contribution in [2.45, 2.75) is 51.5 Å². The summed E-state index contributed by atoms with van der Waals surface area (Å²) in [5, 5.41) is 8.18. The summed E-state index contributed by atoms with van der Waals surface area (Å²) in [7, 11) is 1.66.